The van der Waals surface area contributed by atoms with Gasteiger partial charge < -0.3 is 15.6 Å². The number of phenols is 1. The van der Waals surface area contributed by atoms with Crippen LogP contribution in [0.3, 0.4) is 0 Å². The molecule has 0 aromatic heterocycles. The average Bonchev–Trinajstić information content (AvgIpc) is 2.34. The van der Waals surface area contributed by atoms with Gasteiger partial charge in [-0.15, -0.1) is 12.4 Å². The van der Waals surface area contributed by atoms with Crippen LogP contribution < -0.4 is 5.73 Å². The molecule has 19 heavy (non-hydrogen) atoms. The minimum atomic E-state index is -1.06. The second kappa shape index (κ2) is 6.21. The van der Waals surface area contributed by atoms with Gasteiger partial charge in [0.05, 0.1) is 12.5 Å². The summed E-state index contributed by atoms with van der Waals surface area (Å²) in [5, 5.41) is 9.76. The molecule has 1 rings (SSSR count). The molecule has 0 saturated carbocycles. The lowest BCUT2D eigenvalue weighted by Crippen LogP contribution is -2.37. The van der Waals surface area contributed by atoms with E-state index >= 15 is 0 Å². The summed E-state index contributed by atoms with van der Waals surface area (Å²) in [4.78, 5) is 11.6. The Hall–Kier alpha value is -1.33. The van der Waals surface area contributed by atoms with Crippen LogP contribution in [0, 0.1) is 18.2 Å². The third-order valence-corrected chi connectivity index (χ3v) is 3.16. The number of aryl methyl sites for hydroxylation is 1. The topological polar surface area (TPSA) is 72.5 Å². The van der Waals surface area contributed by atoms with Crippen LogP contribution in [-0.4, -0.2) is 18.2 Å². The molecule has 0 saturated heterocycles. The van der Waals surface area contributed by atoms with Gasteiger partial charge in [0, 0.05) is 11.6 Å². The van der Waals surface area contributed by atoms with Crippen molar-refractivity contribution >= 4 is 18.4 Å². The summed E-state index contributed by atoms with van der Waals surface area (Å²) < 4.78 is 18.3. The number of ether oxygens (including phenoxy) is 1. The van der Waals surface area contributed by atoms with Gasteiger partial charge in [-0.1, -0.05) is 12.1 Å². The van der Waals surface area contributed by atoms with Gasteiger partial charge in [0.2, 0.25) is 0 Å². The molecule has 1 atom stereocenters. The Bertz CT molecular complexity index is 477. The van der Waals surface area contributed by atoms with E-state index in [1.807, 2.05) is 0 Å². The molecule has 4 nitrogen and oxygen atoms in total. The molecule has 0 unspecified atom stereocenters. The molecule has 0 aliphatic rings. The van der Waals surface area contributed by atoms with E-state index in [0.717, 1.165) is 0 Å². The maximum atomic E-state index is 13.6. The van der Waals surface area contributed by atoms with Crippen molar-refractivity contribution in [3.63, 3.8) is 0 Å². The van der Waals surface area contributed by atoms with Crippen molar-refractivity contribution in [2.24, 2.45) is 11.1 Å². The van der Waals surface area contributed by atoms with Crippen LogP contribution >= 0.6 is 12.4 Å². The zero-order valence-electron chi connectivity index (χ0n) is 11.4. The second-order valence-corrected chi connectivity index (χ2v) is 4.83. The summed E-state index contributed by atoms with van der Waals surface area (Å²) >= 11 is 0. The minimum Gasteiger partial charge on any atom is -0.505 e. The molecule has 0 radical (unpaired) electrons. The molecule has 0 bridgehead atoms. The van der Waals surface area contributed by atoms with E-state index in [-0.39, 0.29) is 18.0 Å². The van der Waals surface area contributed by atoms with E-state index in [0.29, 0.717) is 5.56 Å². The number of phenolic OH excluding ortho intramolecular Hbond substituents is 1. The molecule has 0 fully saturated rings. The van der Waals surface area contributed by atoms with Crippen molar-refractivity contribution < 1.29 is 19.0 Å². The maximum absolute atomic E-state index is 13.6. The Labute approximate surface area is 118 Å². The summed E-state index contributed by atoms with van der Waals surface area (Å²) in [5.41, 5.74) is 5.39. The quantitative estimate of drug-likeness (QED) is 0.839. The van der Waals surface area contributed by atoms with Gasteiger partial charge in [-0.2, -0.15) is 0 Å². The highest BCUT2D eigenvalue weighted by molar-refractivity contribution is 5.85. The maximum Gasteiger partial charge on any atom is 0.313 e. The first-order chi connectivity index (χ1) is 8.23. The molecule has 0 heterocycles. The molecular weight excluding hydrogens is 273 g/mol. The van der Waals surface area contributed by atoms with Crippen LogP contribution in [0.2, 0.25) is 0 Å². The molecular formula is C13H19ClFNO3. The van der Waals surface area contributed by atoms with Crippen LogP contribution in [-0.2, 0) is 9.53 Å². The number of carbonyl (C=O) groups is 1. The Morgan fingerprint density at radius 3 is 2.47 bits per heavy atom. The van der Waals surface area contributed by atoms with Crippen LogP contribution in [0.25, 0.3) is 0 Å². The van der Waals surface area contributed by atoms with Gasteiger partial charge in [-0.25, -0.2) is 4.39 Å². The standard InChI is InChI=1S/C13H18FNO3.ClH/c1-7-5-6-8(10(16)9(7)14)11(15)13(2,3)12(17)18-4;/h5-6,11,16H,15H2,1-4H3;1H/t11-;/m1./s1. The van der Waals surface area contributed by atoms with Crippen LogP contribution in [0.15, 0.2) is 12.1 Å². The fourth-order valence-electron chi connectivity index (χ4n) is 1.71. The van der Waals surface area contributed by atoms with Crippen molar-refractivity contribution in [3.8, 4) is 5.75 Å². The molecule has 108 valence electrons. The third-order valence-electron chi connectivity index (χ3n) is 3.16. The van der Waals surface area contributed by atoms with Gasteiger partial charge in [0.15, 0.2) is 11.6 Å². The summed E-state index contributed by atoms with van der Waals surface area (Å²) in [5.74, 6) is -1.75. The van der Waals surface area contributed by atoms with E-state index in [2.05, 4.69) is 4.74 Å². The van der Waals surface area contributed by atoms with E-state index in [1.54, 1.807) is 13.8 Å². The SMILES string of the molecule is COC(=O)C(C)(C)[C@H](N)c1ccc(C)c(F)c1O.Cl. The van der Waals surface area contributed by atoms with Crippen LogP contribution in [0.4, 0.5) is 4.39 Å². The Morgan fingerprint density at radius 1 is 1.47 bits per heavy atom. The number of hydrogen-bond acceptors (Lipinski definition) is 4. The fourth-order valence-corrected chi connectivity index (χ4v) is 1.71. The summed E-state index contributed by atoms with van der Waals surface area (Å²) in [6.45, 7) is 4.71. The average molecular weight is 292 g/mol. The Kier molecular flexibility index (Phi) is 5.78. The smallest absolute Gasteiger partial charge is 0.313 e. The number of hydrogen-bond donors (Lipinski definition) is 2. The predicted octanol–water partition coefficient (Wildman–Crippen LogP) is 2.46. The molecule has 3 N–H and O–H groups in total. The Morgan fingerprint density at radius 2 is 2.00 bits per heavy atom. The van der Waals surface area contributed by atoms with Crippen molar-refractivity contribution in [2.45, 2.75) is 26.8 Å². The van der Waals surface area contributed by atoms with E-state index in [4.69, 9.17) is 5.73 Å². The van der Waals surface area contributed by atoms with Crippen molar-refractivity contribution in [1.82, 2.24) is 0 Å². The number of nitrogens with two attached hydrogens (primary N) is 1. The molecule has 6 heteroatoms. The number of aromatic hydroxyl groups is 1. The highest BCUT2D eigenvalue weighted by atomic mass is 35.5. The Balaban J connectivity index is 0.00000324. The van der Waals surface area contributed by atoms with Crippen molar-refractivity contribution in [1.29, 1.82) is 0 Å². The summed E-state index contributed by atoms with van der Waals surface area (Å²) in [6.07, 6.45) is 0. The molecule has 1 aromatic carbocycles. The first kappa shape index (κ1) is 17.7. The van der Waals surface area contributed by atoms with E-state index in [9.17, 15) is 14.3 Å². The predicted molar refractivity (Wildman–Crippen MR) is 72.8 cm³/mol. The second-order valence-electron chi connectivity index (χ2n) is 4.83. The first-order valence-electron chi connectivity index (χ1n) is 5.55. The van der Waals surface area contributed by atoms with E-state index in [1.165, 1.54) is 26.2 Å². The fraction of sp³-hybridized carbons (Fsp3) is 0.462. The number of carbonyl (C=O) groups excluding carboxylic acids is 1. The monoisotopic (exact) mass is 291 g/mol. The number of benzene rings is 1. The van der Waals surface area contributed by atoms with Crippen LogP contribution in [0.1, 0.15) is 31.0 Å². The number of methoxy groups -OCH3 is 1. The number of rotatable bonds is 3. The highest BCUT2D eigenvalue weighted by Gasteiger charge is 2.38. The summed E-state index contributed by atoms with van der Waals surface area (Å²) in [7, 11) is 1.26. The molecule has 0 amide bonds. The van der Waals surface area contributed by atoms with Gasteiger partial charge >= 0.3 is 5.97 Å². The van der Waals surface area contributed by atoms with Gasteiger partial charge in [0.1, 0.15) is 0 Å². The number of esters is 1. The largest absolute Gasteiger partial charge is 0.505 e. The van der Waals surface area contributed by atoms with E-state index < -0.39 is 29.0 Å². The molecule has 0 aliphatic carbocycles. The molecule has 0 spiro atoms. The van der Waals surface area contributed by atoms with Gasteiger partial charge in [-0.3, -0.25) is 4.79 Å². The lowest BCUT2D eigenvalue weighted by atomic mass is 9.80. The van der Waals surface area contributed by atoms with Gasteiger partial charge in [-0.05, 0) is 26.3 Å². The van der Waals surface area contributed by atoms with Crippen molar-refractivity contribution in [3.05, 3.63) is 29.1 Å². The zero-order chi connectivity index (χ0) is 14.1. The van der Waals surface area contributed by atoms with Gasteiger partial charge in [0.25, 0.3) is 0 Å². The first-order valence-corrected chi connectivity index (χ1v) is 5.55. The third kappa shape index (κ3) is 3.16. The normalized spacial score (nSPS) is 12.5. The summed E-state index contributed by atoms with van der Waals surface area (Å²) in [6, 6.07) is 2.17. The minimum absolute atomic E-state index is 0. The number of halogens is 2. The molecule has 0 aliphatic heterocycles. The molecule has 1 aromatic rings. The lowest BCUT2D eigenvalue weighted by molar-refractivity contribution is -0.152. The zero-order valence-corrected chi connectivity index (χ0v) is 12.2. The van der Waals surface area contributed by atoms with Crippen molar-refractivity contribution in [2.75, 3.05) is 7.11 Å². The highest BCUT2D eigenvalue weighted by Crippen LogP contribution is 2.38. The van der Waals surface area contributed by atoms with Crippen LogP contribution in [0.5, 0.6) is 5.75 Å². The lowest BCUT2D eigenvalue weighted by Gasteiger charge is -2.29.